The zero-order valence-corrected chi connectivity index (χ0v) is 12.9. The quantitative estimate of drug-likeness (QED) is 0.660. The first kappa shape index (κ1) is 17.2. The van der Waals surface area contributed by atoms with Crippen molar-refractivity contribution in [2.75, 3.05) is 5.32 Å². The van der Waals surface area contributed by atoms with Crippen molar-refractivity contribution >= 4 is 28.9 Å². The number of carbonyl (C=O) groups is 1. The van der Waals surface area contributed by atoms with Crippen LogP contribution < -0.4 is 10.6 Å². The topological polar surface area (TPSA) is 84.3 Å². The van der Waals surface area contributed by atoms with Crippen molar-refractivity contribution in [2.45, 2.75) is 39.3 Å². The molecule has 21 heavy (non-hydrogen) atoms. The predicted octanol–water partition coefficient (Wildman–Crippen LogP) is 3.10. The van der Waals surface area contributed by atoms with Crippen molar-refractivity contribution in [3.63, 3.8) is 0 Å². The Kier molecular flexibility index (Phi) is 5.11. The van der Waals surface area contributed by atoms with E-state index in [2.05, 4.69) is 10.6 Å². The number of carbonyl (C=O) groups excluding carboxylic acids is 1. The van der Waals surface area contributed by atoms with Crippen LogP contribution in [0.1, 0.15) is 27.7 Å². The highest BCUT2D eigenvalue weighted by Crippen LogP contribution is 2.30. The van der Waals surface area contributed by atoms with Crippen LogP contribution in [0.4, 0.5) is 15.8 Å². The first-order chi connectivity index (χ1) is 9.51. The van der Waals surface area contributed by atoms with Crippen LogP contribution in [0.25, 0.3) is 0 Å². The molecule has 1 aromatic carbocycles. The molecule has 0 heterocycles. The summed E-state index contributed by atoms with van der Waals surface area (Å²) in [6, 6.07) is 1.04. The van der Waals surface area contributed by atoms with Gasteiger partial charge in [-0.1, -0.05) is 11.6 Å². The number of nitro benzene ring substituents is 1. The first-order valence-electron chi connectivity index (χ1n) is 6.23. The smallest absolute Gasteiger partial charge is 0.294 e. The highest BCUT2D eigenvalue weighted by molar-refractivity contribution is 6.31. The SMILES string of the molecule is CC(Nc1cc(F)c(Cl)cc1[N+](=O)[O-])C(=O)NC(C)(C)C. The van der Waals surface area contributed by atoms with Crippen LogP contribution in [-0.4, -0.2) is 22.4 Å². The largest absolute Gasteiger partial charge is 0.368 e. The molecule has 0 fully saturated rings. The fraction of sp³-hybridized carbons (Fsp3) is 0.462. The van der Waals surface area contributed by atoms with Crippen molar-refractivity contribution in [3.05, 3.63) is 33.1 Å². The maximum Gasteiger partial charge on any atom is 0.294 e. The first-order valence-corrected chi connectivity index (χ1v) is 6.61. The van der Waals surface area contributed by atoms with Crippen molar-refractivity contribution in [2.24, 2.45) is 0 Å². The highest BCUT2D eigenvalue weighted by Gasteiger charge is 2.23. The van der Waals surface area contributed by atoms with Crippen molar-refractivity contribution < 1.29 is 14.1 Å². The number of halogens is 2. The van der Waals surface area contributed by atoms with E-state index in [9.17, 15) is 19.3 Å². The van der Waals surface area contributed by atoms with Crippen LogP contribution in [-0.2, 0) is 4.79 Å². The third-order valence-electron chi connectivity index (χ3n) is 2.50. The minimum Gasteiger partial charge on any atom is -0.368 e. The van der Waals surface area contributed by atoms with E-state index < -0.39 is 28.0 Å². The van der Waals surface area contributed by atoms with Gasteiger partial charge in [-0.05, 0) is 27.7 Å². The fourth-order valence-corrected chi connectivity index (χ4v) is 1.74. The number of hydrogen-bond donors (Lipinski definition) is 2. The molecule has 1 unspecified atom stereocenters. The standard InChI is InChI=1S/C13H17ClFN3O3/c1-7(12(19)17-13(2,3)4)16-10-6-9(15)8(14)5-11(10)18(20)21/h5-7,16H,1-4H3,(H,17,19). The molecule has 0 aliphatic heterocycles. The van der Waals surface area contributed by atoms with Crippen LogP contribution >= 0.6 is 11.6 Å². The van der Waals surface area contributed by atoms with E-state index in [1.807, 2.05) is 20.8 Å². The van der Waals surface area contributed by atoms with E-state index in [4.69, 9.17) is 11.6 Å². The molecular formula is C13H17ClFN3O3. The molecule has 0 aliphatic rings. The predicted molar refractivity (Wildman–Crippen MR) is 79.0 cm³/mol. The van der Waals surface area contributed by atoms with Gasteiger partial charge in [0.1, 0.15) is 17.5 Å². The molecule has 0 saturated carbocycles. The number of hydrogen-bond acceptors (Lipinski definition) is 4. The monoisotopic (exact) mass is 317 g/mol. The van der Waals surface area contributed by atoms with Crippen LogP contribution in [0.5, 0.6) is 0 Å². The summed E-state index contributed by atoms with van der Waals surface area (Å²) in [7, 11) is 0. The normalized spacial score (nSPS) is 12.7. The average Bonchev–Trinajstić information content (AvgIpc) is 2.30. The molecule has 1 rings (SSSR count). The molecule has 1 amide bonds. The summed E-state index contributed by atoms with van der Waals surface area (Å²) < 4.78 is 13.5. The lowest BCUT2D eigenvalue weighted by Crippen LogP contribution is -2.47. The number of anilines is 1. The molecule has 116 valence electrons. The Morgan fingerprint density at radius 3 is 2.48 bits per heavy atom. The molecule has 0 spiro atoms. The zero-order chi connectivity index (χ0) is 16.4. The minimum atomic E-state index is -0.798. The molecule has 1 atom stereocenters. The lowest BCUT2D eigenvalue weighted by molar-refractivity contribution is -0.384. The molecule has 0 aliphatic carbocycles. The summed E-state index contributed by atoms with van der Waals surface area (Å²) in [4.78, 5) is 22.2. The van der Waals surface area contributed by atoms with Gasteiger partial charge in [0.15, 0.2) is 0 Å². The molecule has 0 aromatic heterocycles. The number of rotatable bonds is 4. The number of amides is 1. The summed E-state index contributed by atoms with van der Waals surface area (Å²) in [6.45, 7) is 6.95. The molecule has 8 heteroatoms. The van der Waals surface area contributed by atoms with Gasteiger partial charge in [0.05, 0.1) is 9.95 Å². The van der Waals surface area contributed by atoms with Gasteiger partial charge in [-0.2, -0.15) is 0 Å². The lowest BCUT2D eigenvalue weighted by atomic mass is 10.1. The molecule has 0 saturated heterocycles. The second kappa shape index (κ2) is 6.26. The Morgan fingerprint density at radius 2 is 2.00 bits per heavy atom. The molecule has 2 N–H and O–H groups in total. The van der Waals surface area contributed by atoms with E-state index in [1.54, 1.807) is 0 Å². The Labute approximate surface area is 126 Å². The van der Waals surface area contributed by atoms with Crippen LogP contribution in [0, 0.1) is 15.9 Å². The Morgan fingerprint density at radius 1 is 1.43 bits per heavy atom. The average molecular weight is 318 g/mol. The molecule has 0 bridgehead atoms. The van der Waals surface area contributed by atoms with Crippen molar-refractivity contribution in [3.8, 4) is 0 Å². The third kappa shape index (κ3) is 4.86. The third-order valence-corrected chi connectivity index (χ3v) is 2.79. The van der Waals surface area contributed by atoms with Gasteiger partial charge in [0.25, 0.3) is 5.69 Å². The fourth-order valence-electron chi connectivity index (χ4n) is 1.58. The number of nitrogens with one attached hydrogen (secondary N) is 2. The van der Waals surface area contributed by atoms with E-state index in [0.29, 0.717) is 0 Å². The highest BCUT2D eigenvalue weighted by atomic mass is 35.5. The second-order valence-electron chi connectivity index (χ2n) is 5.65. The van der Waals surface area contributed by atoms with Crippen molar-refractivity contribution in [1.82, 2.24) is 5.32 Å². The lowest BCUT2D eigenvalue weighted by Gasteiger charge is -2.24. The van der Waals surface area contributed by atoms with Gasteiger partial charge in [-0.25, -0.2) is 4.39 Å². The van der Waals surface area contributed by atoms with Crippen LogP contribution in [0.3, 0.4) is 0 Å². The van der Waals surface area contributed by atoms with Crippen molar-refractivity contribution in [1.29, 1.82) is 0 Å². The van der Waals surface area contributed by atoms with Gasteiger partial charge in [-0.3, -0.25) is 14.9 Å². The maximum absolute atomic E-state index is 13.5. The molecule has 1 aromatic rings. The number of nitro groups is 1. The van der Waals surface area contributed by atoms with Gasteiger partial charge in [0.2, 0.25) is 5.91 Å². The Balaban J connectivity index is 2.99. The summed E-state index contributed by atoms with van der Waals surface area (Å²) >= 11 is 5.53. The summed E-state index contributed by atoms with van der Waals surface area (Å²) in [5.74, 6) is -1.15. The van der Waals surface area contributed by atoms with Crippen LogP contribution in [0.2, 0.25) is 5.02 Å². The minimum absolute atomic E-state index is 0.0986. The Bertz CT molecular complexity index is 573. The molecule has 6 nitrogen and oxygen atoms in total. The zero-order valence-electron chi connectivity index (χ0n) is 12.2. The van der Waals surface area contributed by atoms with Crippen LogP contribution in [0.15, 0.2) is 12.1 Å². The summed E-state index contributed by atoms with van der Waals surface area (Å²) in [5.41, 5.74) is -0.931. The molecule has 0 radical (unpaired) electrons. The number of benzene rings is 1. The second-order valence-corrected chi connectivity index (χ2v) is 6.05. The number of nitrogens with zero attached hydrogens (tertiary/aromatic N) is 1. The summed E-state index contributed by atoms with van der Waals surface area (Å²) in [6.07, 6.45) is 0. The van der Waals surface area contributed by atoms with Gasteiger partial charge < -0.3 is 10.6 Å². The van der Waals surface area contributed by atoms with Gasteiger partial charge in [-0.15, -0.1) is 0 Å². The Hall–Kier alpha value is -1.89. The van der Waals surface area contributed by atoms with Gasteiger partial charge >= 0.3 is 0 Å². The van der Waals surface area contributed by atoms with Gasteiger partial charge in [0, 0.05) is 17.7 Å². The van der Waals surface area contributed by atoms with E-state index in [-0.39, 0.29) is 16.6 Å². The maximum atomic E-state index is 13.5. The van der Waals surface area contributed by atoms with E-state index in [1.165, 1.54) is 6.92 Å². The summed E-state index contributed by atoms with van der Waals surface area (Å²) in [5, 5.41) is 16.0. The van der Waals surface area contributed by atoms with E-state index >= 15 is 0 Å². The molecular weight excluding hydrogens is 301 g/mol. The van der Waals surface area contributed by atoms with E-state index in [0.717, 1.165) is 12.1 Å².